The normalized spacial score (nSPS) is 24.7. The van der Waals surface area contributed by atoms with Crippen LogP contribution in [0, 0.1) is 11.2 Å². The predicted octanol–water partition coefficient (Wildman–Crippen LogP) is 2.51. The van der Waals surface area contributed by atoms with Crippen LogP contribution in [0.4, 0.5) is 4.39 Å². The Morgan fingerprint density at radius 1 is 1.35 bits per heavy atom. The topological polar surface area (TPSA) is 40.1 Å². The molecule has 2 heterocycles. The van der Waals surface area contributed by atoms with E-state index in [0.717, 1.165) is 50.8 Å². The monoisotopic (exact) mass is 362 g/mol. The largest absolute Gasteiger partial charge is 0.381 e. The van der Waals surface area contributed by atoms with E-state index in [4.69, 9.17) is 9.73 Å². The molecule has 3 rings (SSSR count). The molecule has 26 heavy (non-hydrogen) atoms. The molecule has 1 spiro atoms. The van der Waals surface area contributed by atoms with E-state index in [2.05, 4.69) is 22.0 Å². The van der Waals surface area contributed by atoms with Crippen molar-refractivity contribution in [1.82, 2.24) is 15.1 Å². The van der Waals surface area contributed by atoms with Gasteiger partial charge in [-0.2, -0.15) is 0 Å². The number of ether oxygens (including phenoxy) is 1. The number of nitrogens with one attached hydrogen (secondary N) is 1. The van der Waals surface area contributed by atoms with Crippen LogP contribution >= 0.6 is 0 Å². The second-order valence-electron chi connectivity index (χ2n) is 7.70. The lowest BCUT2D eigenvalue weighted by atomic mass is 9.87. The smallest absolute Gasteiger partial charge is 0.194 e. The Morgan fingerprint density at radius 3 is 2.73 bits per heavy atom. The molecule has 0 amide bonds. The van der Waals surface area contributed by atoms with Crippen LogP contribution in [0.25, 0.3) is 0 Å². The van der Waals surface area contributed by atoms with Gasteiger partial charge in [-0.25, -0.2) is 4.39 Å². The minimum Gasteiger partial charge on any atom is -0.381 e. The molecule has 5 nitrogen and oxygen atoms in total. The van der Waals surface area contributed by atoms with Gasteiger partial charge in [0, 0.05) is 31.7 Å². The summed E-state index contributed by atoms with van der Waals surface area (Å²) >= 11 is 0. The van der Waals surface area contributed by atoms with E-state index < -0.39 is 0 Å². The number of hydrogen-bond donors (Lipinski definition) is 1. The van der Waals surface area contributed by atoms with Gasteiger partial charge in [0.2, 0.25) is 0 Å². The van der Waals surface area contributed by atoms with Crippen LogP contribution < -0.4 is 5.32 Å². The molecule has 1 aromatic carbocycles. The van der Waals surface area contributed by atoms with E-state index >= 15 is 0 Å². The molecule has 0 bridgehead atoms. The minimum absolute atomic E-state index is 0.121. The number of rotatable bonds is 5. The molecule has 1 N–H and O–H groups in total. The van der Waals surface area contributed by atoms with Crippen LogP contribution in [0.1, 0.15) is 31.4 Å². The molecule has 2 aliphatic rings. The van der Waals surface area contributed by atoms with E-state index in [9.17, 15) is 4.39 Å². The molecule has 144 valence electrons. The van der Waals surface area contributed by atoms with E-state index in [1.807, 2.05) is 26.2 Å². The summed E-state index contributed by atoms with van der Waals surface area (Å²) in [7, 11) is 4.08. The molecular weight excluding hydrogens is 331 g/mol. The molecule has 2 saturated heterocycles. The Morgan fingerprint density at radius 2 is 2.12 bits per heavy atom. The zero-order valence-corrected chi connectivity index (χ0v) is 16.2. The number of likely N-dealkylation sites (N-methyl/N-ethyl adjacent to an activating group) is 1. The molecule has 2 fully saturated rings. The van der Waals surface area contributed by atoms with Crippen molar-refractivity contribution in [3.05, 3.63) is 35.6 Å². The lowest BCUT2D eigenvalue weighted by Gasteiger charge is -2.27. The van der Waals surface area contributed by atoms with Crippen molar-refractivity contribution in [1.29, 1.82) is 0 Å². The molecule has 0 radical (unpaired) electrons. The number of halogens is 1. The maximum absolute atomic E-state index is 13.2. The molecule has 0 saturated carbocycles. The van der Waals surface area contributed by atoms with E-state index in [1.54, 1.807) is 0 Å². The average molecular weight is 362 g/mol. The summed E-state index contributed by atoms with van der Waals surface area (Å²) in [4.78, 5) is 9.43. The Labute approximate surface area is 156 Å². The highest BCUT2D eigenvalue weighted by molar-refractivity contribution is 5.80. The van der Waals surface area contributed by atoms with Gasteiger partial charge in [-0.15, -0.1) is 0 Å². The van der Waals surface area contributed by atoms with Crippen molar-refractivity contribution < 1.29 is 9.13 Å². The molecule has 0 aliphatic carbocycles. The van der Waals surface area contributed by atoms with Gasteiger partial charge in [-0.05, 0) is 51.6 Å². The summed E-state index contributed by atoms with van der Waals surface area (Å²) in [6, 6.07) is 6.86. The number of aliphatic imine (C=N–C) groups is 1. The molecular formula is C20H31FN4O. The summed E-state index contributed by atoms with van der Waals surface area (Å²) in [5.74, 6) is 0.773. The van der Waals surface area contributed by atoms with Gasteiger partial charge in [-0.3, -0.25) is 4.99 Å². The molecule has 6 heteroatoms. The fraction of sp³-hybridized carbons (Fsp3) is 0.650. The first-order valence-corrected chi connectivity index (χ1v) is 9.56. The zero-order valence-electron chi connectivity index (χ0n) is 16.2. The van der Waals surface area contributed by atoms with E-state index in [-0.39, 0.29) is 11.9 Å². The third-order valence-corrected chi connectivity index (χ3v) is 5.55. The zero-order chi connectivity index (χ0) is 18.6. The maximum atomic E-state index is 13.2. The van der Waals surface area contributed by atoms with Crippen LogP contribution in [0.3, 0.4) is 0 Å². The highest BCUT2D eigenvalue weighted by atomic mass is 19.1. The SMILES string of the molecule is CCNC(=NCC(c1ccc(F)cc1)N(C)C)N1CCC2(CCOC2)C1. The summed E-state index contributed by atoms with van der Waals surface area (Å²) in [5, 5.41) is 3.44. The fourth-order valence-corrected chi connectivity index (χ4v) is 3.94. The predicted molar refractivity (Wildman–Crippen MR) is 103 cm³/mol. The van der Waals surface area contributed by atoms with E-state index in [0.29, 0.717) is 12.0 Å². The van der Waals surface area contributed by atoms with Gasteiger partial charge in [-0.1, -0.05) is 12.1 Å². The van der Waals surface area contributed by atoms with Crippen LogP contribution in [0.15, 0.2) is 29.3 Å². The van der Waals surface area contributed by atoms with Crippen molar-refractivity contribution in [2.75, 3.05) is 53.5 Å². The van der Waals surface area contributed by atoms with E-state index in [1.165, 1.54) is 18.6 Å². The Bertz CT molecular complexity index is 611. The lowest BCUT2D eigenvalue weighted by molar-refractivity contribution is 0.156. The highest BCUT2D eigenvalue weighted by Crippen LogP contribution is 2.38. The van der Waals surface area contributed by atoms with Crippen LogP contribution in [0.5, 0.6) is 0 Å². The first-order chi connectivity index (χ1) is 12.5. The van der Waals surface area contributed by atoms with Gasteiger partial charge < -0.3 is 19.9 Å². The number of guanidine groups is 1. The Kier molecular flexibility index (Phi) is 6.14. The van der Waals surface area contributed by atoms with Crippen LogP contribution in [-0.2, 0) is 4.74 Å². The van der Waals surface area contributed by atoms with Gasteiger partial charge in [0.15, 0.2) is 5.96 Å². The Hall–Kier alpha value is -1.66. The first-order valence-electron chi connectivity index (χ1n) is 9.56. The van der Waals surface area contributed by atoms with Gasteiger partial charge in [0.25, 0.3) is 0 Å². The van der Waals surface area contributed by atoms with Gasteiger partial charge in [0.05, 0.1) is 19.2 Å². The summed E-state index contributed by atoms with van der Waals surface area (Å²) in [6.45, 7) is 7.39. The van der Waals surface area contributed by atoms with Crippen molar-refractivity contribution >= 4 is 5.96 Å². The molecule has 2 unspecified atom stereocenters. The van der Waals surface area contributed by atoms with Crippen LogP contribution in [-0.4, -0.2) is 69.2 Å². The van der Waals surface area contributed by atoms with Crippen molar-refractivity contribution in [3.8, 4) is 0 Å². The minimum atomic E-state index is -0.204. The number of nitrogens with zero attached hydrogens (tertiary/aromatic N) is 3. The average Bonchev–Trinajstić information content (AvgIpc) is 3.25. The third-order valence-electron chi connectivity index (χ3n) is 5.55. The molecule has 2 atom stereocenters. The van der Waals surface area contributed by atoms with Crippen LogP contribution in [0.2, 0.25) is 0 Å². The van der Waals surface area contributed by atoms with Gasteiger partial charge in [0.1, 0.15) is 5.82 Å². The second kappa shape index (κ2) is 8.35. The molecule has 2 aliphatic heterocycles. The fourth-order valence-electron chi connectivity index (χ4n) is 3.94. The van der Waals surface area contributed by atoms with Gasteiger partial charge >= 0.3 is 0 Å². The van der Waals surface area contributed by atoms with Crippen molar-refractivity contribution in [2.24, 2.45) is 10.4 Å². The first kappa shape index (κ1) is 19.1. The summed E-state index contributed by atoms with van der Waals surface area (Å²) in [6.07, 6.45) is 2.32. The maximum Gasteiger partial charge on any atom is 0.194 e. The lowest BCUT2D eigenvalue weighted by Crippen LogP contribution is -2.42. The Balaban J connectivity index is 1.72. The second-order valence-corrected chi connectivity index (χ2v) is 7.70. The number of hydrogen-bond acceptors (Lipinski definition) is 3. The highest BCUT2D eigenvalue weighted by Gasteiger charge is 2.42. The summed E-state index contributed by atoms with van der Waals surface area (Å²) in [5.41, 5.74) is 1.40. The summed E-state index contributed by atoms with van der Waals surface area (Å²) < 4.78 is 18.9. The molecule has 1 aromatic rings. The molecule has 0 aromatic heterocycles. The standard InChI is InChI=1S/C20H31FN4O/c1-4-22-19(25-11-9-20(14-25)10-12-26-15-20)23-13-18(24(2)3)16-5-7-17(21)8-6-16/h5-8,18H,4,9-15H2,1-3H3,(H,22,23). The van der Waals surface area contributed by atoms with Crippen molar-refractivity contribution in [3.63, 3.8) is 0 Å². The number of likely N-dealkylation sites (tertiary alicyclic amines) is 1. The number of benzene rings is 1. The third kappa shape index (κ3) is 4.35. The van der Waals surface area contributed by atoms with Crippen molar-refractivity contribution in [2.45, 2.75) is 25.8 Å². The quantitative estimate of drug-likeness (QED) is 0.645.